The number of aromatic hydroxyl groups is 1. The van der Waals surface area contributed by atoms with Crippen molar-refractivity contribution in [1.29, 1.82) is 0 Å². The number of hydrogen-bond donors (Lipinski definition) is 2. The highest BCUT2D eigenvalue weighted by atomic mass is 19.1. The summed E-state index contributed by atoms with van der Waals surface area (Å²) in [5.41, 5.74) is 1.38. The minimum absolute atomic E-state index is 0.0870. The Morgan fingerprint density at radius 2 is 2.11 bits per heavy atom. The Morgan fingerprint density at radius 1 is 1.30 bits per heavy atom. The van der Waals surface area contributed by atoms with Gasteiger partial charge in [-0.3, -0.25) is 4.79 Å². The second kappa shape index (κ2) is 7.16. The number of allylic oxidation sites excluding steroid dienone is 1. The van der Waals surface area contributed by atoms with Crippen LogP contribution in [-0.2, 0) is 6.54 Å². The fourth-order valence-corrected chi connectivity index (χ4v) is 4.01. The summed E-state index contributed by atoms with van der Waals surface area (Å²) in [5.74, 6) is 0.590. The smallest absolute Gasteiger partial charge is 0.231 e. The number of fused-ring (bicyclic) bond motifs is 1. The van der Waals surface area contributed by atoms with Gasteiger partial charge in [0.25, 0.3) is 0 Å². The number of Topliss-reactive ketones (excluding diaryl/α,β-unsaturated/α-hetero) is 1. The van der Waals surface area contributed by atoms with Crippen molar-refractivity contribution in [2.24, 2.45) is 5.92 Å². The van der Waals surface area contributed by atoms with Crippen LogP contribution >= 0.6 is 0 Å². The van der Waals surface area contributed by atoms with Crippen molar-refractivity contribution in [2.75, 3.05) is 13.1 Å². The summed E-state index contributed by atoms with van der Waals surface area (Å²) in [7, 11) is 0. The number of piperidine rings is 1. The van der Waals surface area contributed by atoms with Gasteiger partial charge in [-0.05, 0) is 37.1 Å². The van der Waals surface area contributed by atoms with Gasteiger partial charge in [-0.1, -0.05) is 25.1 Å². The SMILES string of the molecule is C[C@H]1CCC[NH+](Cc2c(O)ccc3c2O/C(=C\c2ccccc2F)C3=O)C1. The quantitative estimate of drug-likeness (QED) is 0.819. The van der Waals surface area contributed by atoms with E-state index < -0.39 is 5.82 Å². The maximum absolute atomic E-state index is 13.9. The topological polar surface area (TPSA) is 51.0 Å². The Balaban J connectivity index is 1.66. The Labute approximate surface area is 157 Å². The molecule has 27 heavy (non-hydrogen) atoms. The van der Waals surface area contributed by atoms with Gasteiger partial charge in [0, 0.05) is 11.5 Å². The number of nitrogens with one attached hydrogen (secondary N) is 1. The van der Waals surface area contributed by atoms with Gasteiger partial charge in [0.2, 0.25) is 5.78 Å². The highest BCUT2D eigenvalue weighted by molar-refractivity contribution is 6.15. The lowest BCUT2D eigenvalue weighted by atomic mass is 9.99. The highest BCUT2D eigenvalue weighted by Crippen LogP contribution is 2.39. The van der Waals surface area contributed by atoms with E-state index in [1.807, 2.05) is 0 Å². The van der Waals surface area contributed by atoms with E-state index in [9.17, 15) is 14.3 Å². The predicted molar refractivity (Wildman–Crippen MR) is 100 cm³/mol. The molecule has 0 bridgehead atoms. The van der Waals surface area contributed by atoms with Crippen molar-refractivity contribution in [3.63, 3.8) is 0 Å². The van der Waals surface area contributed by atoms with Crippen molar-refractivity contribution < 1.29 is 23.9 Å². The van der Waals surface area contributed by atoms with Crippen LogP contribution in [0.2, 0.25) is 0 Å². The number of phenols is 1. The number of ketones is 1. The van der Waals surface area contributed by atoms with Crippen LogP contribution in [0, 0.1) is 11.7 Å². The maximum atomic E-state index is 13.9. The molecule has 0 amide bonds. The Hall–Kier alpha value is -2.66. The third-order valence-electron chi connectivity index (χ3n) is 5.40. The van der Waals surface area contributed by atoms with Crippen LogP contribution in [0.1, 0.15) is 41.3 Å². The number of benzene rings is 2. The molecule has 2 aliphatic rings. The van der Waals surface area contributed by atoms with Gasteiger partial charge in [-0.15, -0.1) is 0 Å². The second-order valence-electron chi connectivity index (χ2n) is 7.53. The molecule has 2 heterocycles. The number of carbonyl (C=O) groups excluding carboxylic acids is 1. The van der Waals surface area contributed by atoms with Gasteiger partial charge >= 0.3 is 0 Å². The highest BCUT2D eigenvalue weighted by Gasteiger charge is 2.33. The third-order valence-corrected chi connectivity index (χ3v) is 5.40. The van der Waals surface area contributed by atoms with Gasteiger partial charge in [-0.25, -0.2) is 4.39 Å². The Morgan fingerprint density at radius 3 is 2.89 bits per heavy atom. The van der Waals surface area contributed by atoms with Gasteiger partial charge in [0.1, 0.15) is 18.1 Å². The average molecular weight is 368 g/mol. The number of phenolic OH excluding ortho intramolecular Hbond substituents is 1. The summed E-state index contributed by atoms with van der Waals surface area (Å²) >= 11 is 0. The fourth-order valence-electron chi connectivity index (χ4n) is 4.01. The zero-order valence-electron chi connectivity index (χ0n) is 15.3. The van der Waals surface area contributed by atoms with E-state index >= 15 is 0 Å². The second-order valence-corrected chi connectivity index (χ2v) is 7.53. The summed E-state index contributed by atoms with van der Waals surface area (Å²) < 4.78 is 19.8. The van der Waals surface area contributed by atoms with Crippen LogP contribution in [0.15, 0.2) is 42.2 Å². The molecule has 0 saturated carbocycles. The molecule has 5 heteroatoms. The maximum Gasteiger partial charge on any atom is 0.231 e. The first-order valence-electron chi connectivity index (χ1n) is 9.40. The molecule has 0 aromatic heterocycles. The summed E-state index contributed by atoms with van der Waals surface area (Å²) in [4.78, 5) is 14.1. The van der Waals surface area contributed by atoms with Crippen LogP contribution in [0.3, 0.4) is 0 Å². The van der Waals surface area contributed by atoms with E-state index in [1.54, 1.807) is 30.3 Å². The lowest BCUT2D eigenvalue weighted by Gasteiger charge is -2.28. The third kappa shape index (κ3) is 3.47. The van der Waals surface area contributed by atoms with Crippen molar-refractivity contribution >= 4 is 11.9 Å². The molecule has 2 N–H and O–H groups in total. The van der Waals surface area contributed by atoms with E-state index in [-0.39, 0.29) is 17.3 Å². The molecule has 2 aliphatic heterocycles. The average Bonchev–Trinajstić information content (AvgIpc) is 2.96. The van der Waals surface area contributed by atoms with Crippen LogP contribution in [0.25, 0.3) is 6.08 Å². The standard InChI is InChI=1S/C22H22FNO3/c1-14-5-4-10-24(12-14)13-17-19(25)9-8-16-21(26)20(27-22(16)17)11-15-6-2-3-7-18(15)23/h2-3,6-9,11,14,25H,4-5,10,12-13H2,1H3/p+1/b20-11-/t14-/m0/s1. The molecule has 0 spiro atoms. The molecule has 4 rings (SSSR count). The van der Waals surface area contributed by atoms with Gasteiger partial charge in [-0.2, -0.15) is 0 Å². The van der Waals surface area contributed by atoms with Gasteiger partial charge in [0.15, 0.2) is 11.5 Å². The first-order valence-corrected chi connectivity index (χ1v) is 9.40. The molecule has 1 fully saturated rings. The largest absolute Gasteiger partial charge is 0.507 e. The molecule has 2 aromatic carbocycles. The molecule has 2 atom stereocenters. The van der Waals surface area contributed by atoms with E-state index in [1.165, 1.54) is 23.5 Å². The van der Waals surface area contributed by atoms with Crippen LogP contribution in [-0.4, -0.2) is 24.0 Å². The first-order chi connectivity index (χ1) is 13.0. The van der Waals surface area contributed by atoms with Crippen molar-refractivity contribution in [3.8, 4) is 11.5 Å². The number of ether oxygens (including phenoxy) is 1. The van der Waals surface area contributed by atoms with Gasteiger partial charge in [0.05, 0.1) is 24.2 Å². The summed E-state index contributed by atoms with van der Waals surface area (Å²) in [5, 5.41) is 10.4. The number of rotatable bonds is 3. The van der Waals surface area contributed by atoms with E-state index in [0.717, 1.165) is 19.5 Å². The first kappa shape index (κ1) is 17.7. The molecule has 2 aromatic rings. The fraction of sp³-hybridized carbons (Fsp3) is 0.318. The molecular formula is C22H23FNO3+. The van der Waals surface area contributed by atoms with Crippen molar-refractivity contribution in [2.45, 2.75) is 26.3 Å². The molecule has 1 saturated heterocycles. The monoisotopic (exact) mass is 368 g/mol. The number of likely N-dealkylation sites (tertiary alicyclic amines) is 1. The van der Waals surface area contributed by atoms with E-state index in [0.29, 0.717) is 34.9 Å². The summed E-state index contributed by atoms with van der Waals surface area (Å²) in [6.45, 7) is 4.93. The molecule has 0 radical (unpaired) electrons. The predicted octanol–water partition coefficient (Wildman–Crippen LogP) is 2.96. The minimum atomic E-state index is -0.410. The Bertz CT molecular complexity index is 922. The molecular weight excluding hydrogens is 345 g/mol. The molecule has 4 nitrogen and oxygen atoms in total. The van der Waals surface area contributed by atoms with Crippen LogP contribution in [0.4, 0.5) is 4.39 Å². The minimum Gasteiger partial charge on any atom is -0.507 e. The normalized spacial score (nSPS) is 23.3. The number of hydrogen-bond acceptors (Lipinski definition) is 3. The number of quaternary nitrogens is 1. The lowest BCUT2D eigenvalue weighted by molar-refractivity contribution is -0.922. The zero-order chi connectivity index (χ0) is 19.0. The zero-order valence-corrected chi connectivity index (χ0v) is 15.3. The summed E-state index contributed by atoms with van der Waals surface area (Å²) in [6, 6.07) is 9.37. The van der Waals surface area contributed by atoms with E-state index in [4.69, 9.17) is 4.74 Å². The summed E-state index contributed by atoms with van der Waals surface area (Å²) in [6.07, 6.45) is 3.81. The number of carbonyl (C=O) groups is 1. The van der Waals surface area contributed by atoms with E-state index in [2.05, 4.69) is 6.92 Å². The van der Waals surface area contributed by atoms with Crippen LogP contribution < -0.4 is 9.64 Å². The van der Waals surface area contributed by atoms with Crippen LogP contribution in [0.5, 0.6) is 11.5 Å². The molecule has 0 aliphatic carbocycles. The molecule has 1 unspecified atom stereocenters. The van der Waals surface area contributed by atoms with Gasteiger partial charge < -0.3 is 14.7 Å². The van der Waals surface area contributed by atoms with Crippen molar-refractivity contribution in [1.82, 2.24) is 0 Å². The molecule has 140 valence electrons. The Kier molecular flexibility index (Phi) is 4.70. The number of halogens is 1. The lowest BCUT2D eigenvalue weighted by Crippen LogP contribution is -3.12. The van der Waals surface area contributed by atoms with Crippen molar-refractivity contribution in [3.05, 3.63) is 64.7 Å².